The van der Waals surface area contributed by atoms with Gasteiger partial charge in [-0.25, -0.2) is 4.39 Å². The summed E-state index contributed by atoms with van der Waals surface area (Å²) in [5, 5.41) is 0.972. The third kappa shape index (κ3) is 3.30. The largest absolute Gasteiger partial charge is 0.486 e. The Labute approximate surface area is 175 Å². The van der Waals surface area contributed by atoms with Crippen LogP contribution in [-0.2, 0) is 6.42 Å². The molecule has 1 unspecified atom stereocenters. The van der Waals surface area contributed by atoms with Crippen LogP contribution < -0.4 is 19.7 Å². The normalized spacial score (nSPS) is 22.3. The highest BCUT2D eigenvalue weighted by molar-refractivity contribution is 5.88. The number of fused-ring (bicyclic) bond motifs is 4. The fourth-order valence-corrected chi connectivity index (χ4v) is 4.94. The van der Waals surface area contributed by atoms with Crippen molar-refractivity contribution in [2.45, 2.75) is 25.9 Å². The highest BCUT2D eigenvalue weighted by Crippen LogP contribution is 2.41. The van der Waals surface area contributed by atoms with Gasteiger partial charge >= 0.3 is 0 Å². The Morgan fingerprint density at radius 3 is 2.97 bits per heavy atom. The molecule has 0 fully saturated rings. The lowest BCUT2D eigenvalue weighted by molar-refractivity contribution is 0.0642. The molecule has 30 heavy (non-hydrogen) atoms. The van der Waals surface area contributed by atoms with E-state index in [1.165, 1.54) is 5.69 Å². The Morgan fingerprint density at radius 2 is 2.10 bits per heavy atom. The third-order valence-corrected chi connectivity index (χ3v) is 6.34. The van der Waals surface area contributed by atoms with Gasteiger partial charge < -0.3 is 15.2 Å². The highest BCUT2D eigenvalue weighted by atomic mass is 19.1. The highest BCUT2D eigenvalue weighted by Gasteiger charge is 2.41. The van der Waals surface area contributed by atoms with Gasteiger partial charge in [-0.3, -0.25) is 9.47 Å². The van der Waals surface area contributed by atoms with Crippen LogP contribution in [0.4, 0.5) is 10.1 Å². The van der Waals surface area contributed by atoms with Crippen LogP contribution in [0.5, 0.6) is 11.5 Å². The zero-order chi connectivity index (χ0) is 20.7. The van der Waals surface area contributed by atoms with E-state index in [1.54, 1.807) is 12.1 Å². The monoisotopic (exact) mass is 408 g/mol. The SMILES string of the molecule is Cc1ccc2c3c(ccc2n1)OC[C@H](C[N+]1(CCCN)CCc2cc(F)ccc21)O3. The minimum Gasteiger partial charge on any atom is -0.486 e. The van der Waals surface area contributed by atoms with Gasteiger partial charge in [-0.2, -0.15) is 0 Å². The second-order valence-electron chi connectivity index (χ2n) is 8.40. The van der Waals surface area contributed by atoms with E-state index in [0.717, 1.165) is 70.6 Å². The number of hydrogen-bond donors (Lipinski definition) is 1. The number of hydrogen-bond acceptors (Lipinski definition) is 4. The molecule has 1 aromatic heterocycles. The quantitative estimate of drug-likeness (QED) is 0.654. The van der Waals surface area contributed by atoms with Gasteiger partial charge in [-0.1, -0.05) is 0 Å². The van der Waals surface area contributed by atoms with Crippen molar-refractivity contribution in [3.05, 3.63) is 59.5 Å². The van der Waals surface area contributed by atoms with Gasteiger partial charge in [0.25, 0.3) is 0 Å². The topological polar surface area (TPSA) is 57.4 Å². The molecule has 0 bridgehead atoms. The molecule has 2 atom stereocenters. The lowest BCUT2D eigenvalue weighted by Crippen LogP contribution is -2.56. The van der Waals surface area contributed by atoms with E-state index >= 15 is 0 Å². The van der Waals surface area contributed by atoms with E-state index in [9.17, 15) is 4.39 Å². The van der Waals surface area contributed by atoms with Crippen LogP contribution >= 0.6 is 0 Å². The van der Waals surface area contributed by atoms with Crippen LogP contribution in [0.3, 0.4) is 0 Å². The first kappa shape index (κ1) is 19.3. The third-order valence-electron chi connectivity index (χ3n) is 6.34. The number of halogens is 1. The number of quaternary nitrogens is 1. The van der Waals surface area contributed by atoms with Crippen molar-refractivity contribution in [1.29, 1.82) is 0 Å². The fourth-order valence-electron chi connectivity index (χ4n) is 4.94. The number of rotatable bonds is 5. The van der Waals surface area contributed by atoms with Crippen LogP contribution in [0.15, 0.2) is 42.5 Å². The predicted octanol–water partition coefficient (Wildman–Crippen LogP) is 3.73. The van der Waals surface area contributed by atoms with Gasteiger partial charge in [-0.15, -0.1) is 0 Å². The van der Waals surface area contributed by atoms with E-state index in [2.05, 4.69) is 11.1 Å². The molecule has 3 aromatic rings. The average Bonchev–Trinajstić information content (AvgIpc) is 3.09. The van der Waals surface area contributed by atoms with Crippen LogP contribution in [0, 0.1) is 12.7 Å². The van der Waals surface area contributed by atoms with E-state index in [0.29, 0.717) is 13.2 Å². The molecule has 3 heterocycles. The first-order valence-electron chi connectivity index (χ1n) is 10.6. The van der Waals surface area contributed by atoms with Crippen LogP contribution in [0.1, 0.15) is 17.7 Å². The molecule has 0 spiro atoms. The Balaban J connectivity index is 1.47. The molecule has 0 saturated heterocycles. The van der Waals surface area contributed by atoms with Crippen molar-refractivity contribution >= 4 is 16.6 Å². The van der Waals surface area contributed by atoms with Crippen molar-refractivity contribution in [2.24, 2.45) is 5.73 Å². The van der Waals surface area contributed by atoms with Crippen molar-refractivity contribution in [3.63, 3.8) is 0 Å². The maximum Gasteiger partial charge on any atom is 0.182 e. The van der Waals surface area contributed by atoms with Gasteiger partial charge in [0.2, 0.25) is 0 Å². The lowest BCUT2D eigenvalue weighted by atomic mass is 10.1. The zero-order valence-electron chi connectivity index (χ0n) is 17.2. The Kier molecular flexibility index (Phi) is 4.83. The van der Waals surface area contributed by atoms with Crippen molar-refractivity contribution < 1.29 is 13.9 Å². The Hall–Kier alpha value is -2.70. The van der Waals surface area contributed by atoms with Crippen molar-refractivity contribution in [1.82, 2.24) is 9.47 Å². The average molecular weight is 408 g/mol. The predicted molar refractivity (Wildman–Crippen MR) is 117 cm³/mol. The molecule has 156 valence electrons. The summed E-state index contributed by atoms with van der Waals surface area (Å²) in [5.74, 6) is 1.36. The van der Waals surface area contributed by atoms with Gasteiger partial charge in [0.1, 0.15) is 24.7 Å². The fraction of sp³-hybridized carbons (Fsp3) is 0.375. The van der Waals surface area contributed by atoms with Crippen LogP contribution in [0.2, 0.25) is 0 Å². The number of ether oxygens (including phenoxy) is 2. The summed E-state index contributed by atoms with van der Waals surface area (Å²) >= 11 is 0. The summed E-state index contributed by atoms with van der Waals surface area (Å²) in [6.07, 6.45) is 1.68. The molecule has 0 aliphatic carbocycles. The van der Waals surface area contributed by atoms with Gasteiger partial charge in [0, 0.05) is 35.6 Å². The molecule has 0 radical (unpaired) electrons. The summed E-state index contributed by atoms with van der Waals surface area (Å²) in [5.41, 5.74) is 10.0. The van der Waals surface area contributed by atoms with E-state index in [-0.39, 0.29) is 11.9 Å². The lowest BCUT2D eigenvalue weighted by Gasteiger charge is -2.39. The van der Waals surface area contributed by atoms with Crippen molar-refractivity contribution in [2.75, 3.05) is 32.8 Å². The minimum absolute atomic E-state index is 0.0989. The van der Waals surface area contributed by atoms with Crippen LogP contribution in [0.25, 0.3) is 10.9 Å². The van der Waals surface area contributed by atoms with Gasteiger partial charge in [0.05, 0.1) is 18.6 Å². The molecule has 2 N–H and O–H groups in total. The van der Waals surface area contributed by atoms with Gasteiger partial charge in [0.15, 0.2) is 17.6 Å². The van der Waals surface area contributed by atoms with E-state index in [4.69, 9.17) is 15.2 Å². The molecular formula is C24H27FN3O2+. The molecule has 0 saturated carbocycles. The Morgan fingerprint density at radius 1 is 1.20 bits per heavy atom. The maximum absolute atomic E-state index is 13.8. The number of aryl methyl sites for hydroxylation is 1. The van der Waals surface area contributed by atoms with Gasteiger partial charge in [-0.05, 0) is 49.9 Å². The number of pyridine rings is 1. The maximum atomic E-state index is 13.8. The molecule has 2 aromatic carbocycles. The number of nitrogens with two attached hydrogens (primary N) is 1. The first-order chi connectivity index (χ1) is 14.6. The second kappa shape index (κ2) is 7.52. The van der Waals surface area contributed by atoms with E-state index in [1.807, 2.05) is 31.2 Å². The van der Waals surface area contributed by atoms with Crippen molar-refractivity contribution in [3.8, 4) is 11.5 Å². The summed E-state index contributed by atoms with van der Waals surface area (Å²) in [6.45, 7) is 5.74. The summed E-state index contributed by atoms with van der Waals surface area (Å²) in [7, 11) is 0. The number of benzene rings is 2. The minimum atomic E-state index is -0.173. The summed E-state index contributed by atoms with van der Waals surface area (Å²) < 4.78 is 27.1. The smallest absolute Gasteiger partial charge is 0.182 e. The molecule has 2 aliphatic heterocycles. The number of aromatic nitrogens is 1. The molecule has 5 nitrogen and oxygen atoms in total. The molecule has 0 amide bonds. The van der Waals surface area contributed by atoms with Crippen LogP contribution in [-0.4, -0.2) is 43.9 Å². The zero-order valence-corrected chi connectivity index (χ0v) is 17.2. The summed E-state index contributed by atoms with van der Waals surface area (Å²) in [6, 6.07) is 13.1. The first-order valence-corrected chi connectivity index (χ1v) is 10.6. The van der Waals surface area contributed by atoms with E-state index < -0.39 is 0 Å². The summed E-state index contributed by atoms with van der Waals surface area (Å²) in [4.78, 5) is 4.62. The second-order valence-corrected chi connectivity index (χ2v) is 8.40. The molecular weight excluding hydrogens is 381 g/mol. The molecule has 6 heteroatoms. The molecule has 2 aliphatic rings. The number of nitrogens with zero attached hydrogens (tertiary/aromatic N) is 2. The standard InChI is InChI=1S/C24H27FN3O2/c1-16-3-5-20-21(27-16)6-8-23-24(20)30-19(15-29-23)14-28(11-2-10-26)12-9-17-13-18(25)4-7-22(17)28/h3-8,13,19H,2,9-12,14-15,26H2,1H3/q+1/t19-,28?/m0/s1. The Bertz CT molecular complexity index is 1100. The molecule has 5 rings (SSSR count).